The molecule has 4 heterocycles. The highest BCUT2D eigenvalue weighted by Gasteiger charge is 2.27. The Morgan fingerprint density at radius 3 is 2.76 bits per heavy atom. The molecule has 0 saturated carbocycles. The predicted molar refractivity (Wildman–Crippen MR) is 114 cm³/mol. The number of imidazole rings is 1. The van der Waals surface area contributed by atoms with E-state index in [9.17, 15) is 4.79 Å². The number of aromatic nitrogens is 4. The molecule has 1 aliphatic rings. The number of anilines is 1. The van der Waals surface area contributed by atoms with E-state index in [1.807, 2.05) is 71.3 Å². The fraction of sp³-hybridized carbons (Fsp3) is 0.136. The van der Waals surface area contributed by atoms with Crippen molar-refractivity contribution in [2.75, 3.05) is 5.32 Å². The smallest absolute Gasteiger partial charge is 0.255 e. The summed E-state index contributed by atoms with van der Waals surface area (Å²) in [5, 5.41) is 3.27. The van der Waals surface area contributed by atoms with Gasteiger partial charge >= 0.3 is 0 Å². The van der Waals surface area contributed by atoms with Crippen LogP contribution in [0.3, 0.4) is 0 Å². The molecule has 0 fully saturated rings. The fourth-order valence-corrected chi connectivity index (χ4v) is 4.84. The highest BCUT2D eigenvalue weighted by atomic mass is 32.2. The van der Waals surface area contributed by atoms with Crippen molar-refractivity contribution in [3.05, 3.63) is 102 Å². The number of amides is 1. The van der Waals surface area contributed by atoms with Gasteiger partial charge in [0.1, 0.15) is 5.37 Å². The minimum Gasteiger partial charge on any atom is -0.333 e. The standard InChI is InChI=1S/C22H19N5OS/c28-21(17-5-3-16(4-6-17)13-26-11-9-24-15-26)25-19-7-10-27-20(19)14-29-22(27)18-2-1-8-23-12-18/h1-12,15,22H,13-14H2,(H,25,28). The van der Waals surface area contributed by atoms with Gasteiger partial charge in [-0.05, 0) is 29.8 Å². The first-order valence-electron chi connectivity index (χ1n) is 9.35. The lowest BCUT2D eigenvalue weighted by Crippen LogP contribution is -2.13. The second kappa shape index (κ2) is 7.60. The third-order valence-electron chi connectivity index (χ3n) is 5.01. The molecule has 0 saturated heterocycles. The number of carbonyl (C=O) groups is 1. The summed E-state index contributed by atoms with van der Waals surface area (Å²) in [6.07, 6.45) is 11.2. The Hall–Kier alpha value is -3.32. The van der Waals surface area contributed by atoms with Gasteiger partial charge in [0.25, 0.3) is 5.91 Å². The molecule has 3 aromatic heterocycles. The zero-order chi connectivity index (χ0) is 19.6. The van der Waals surface area contributed by atoms with Gasteiger partial charge in [-0.2, -0.15) is 0 Å². The van der Waals surface area contributed by atoms with Crippen LogP contribution in [0.4, 0.5) is 5.69 Å². The highest BCUT2D eigenvalue weighted by Crippen LogP contribution is 2.43. The lowest BCUT2D eigenvalue weighted by atomic mass is 10.1. The Morgan fingerprint density at radius 2 is 2.00 bits per heavy atom. The maximum absolute atomic E-state index is 12.7. The zero-order valence-electron chi connectivity index (χ0n) is 15.6. The average Bonchev–Trinajstić information content (AvgIpc) is 3.49. The van der Waals surface area contributed by atoms with E-state index >= 15 is 0 Å². The number of carbonyl (C=O) groups excluding carboxylic acids is 1. The molecule has 1 atom stereocenters. The minimum atomic E-state index is -0.0944. The summed E-state index contributed by atoms with van der Waals surface area (Å²) in [7, 11) is 0. The minimum absolute atomic E-state index is 0.0944. The van der Waals surface area contributed by atoms with Crippen molar-refractivity contribution in [2.24, 2.45) is 0 Å². The van der Waals surface area contributed by atoms with Crippen molar-refractivity contribution in [1.82, 2.24) is 19.1 Å². The molecule has 5 rings (SSSR count). The Labute approximate surface area is 172 Å². The van der Waals surface area contributed by atoms with E-state index in [4.69, 9.17) is 0 Å². The van der Waals surface area contributed by atoms with Gasteiger partial charge in [-0.1, -0.05) is 18.2 Å². The van der Waals surface area contributed by atoms with E-state index in [-0.39, 0.29) is 11.3 Å². The molecular weight excluding hydrogens is 382 g/mol. The largest absolute Gasteiger partial charge is 0.333 e. The molecule has 0 bridgehead atoms. The Balaban J connectivity index is 1.29. The number of hydrogen-bond acceptors (Lipinski definition) is 4. The summed E-state index contributed by atoms with van der Waals surface area (Å²) in [4.78, 5) is 21.0. The summed E-state index contributed by atoms with van der Waals surface area (Å²) < 4.78 is 4.21. The summed E-state index contributed by atoms with van der Waals surface area (Å²) >= 11 is 1.84. The van der Waals surface area contributed by atoms with Gasteiger partial charge in [0.05, 0.1) is 17.7 Å². The molecule has 6 nitrogen and oxygen atoms in total. The fourth-order valence-electron chi connectivity index (χ4n) is 3.53. The van der Waals surface area contributed by atoms with E-state index < -0.39 is 0 Å². The molecule has 1 amide bonds. The molecule has 1 aliphatic heterocycles. The molecule has 29 heavy (non-hydrogen) atoms. The molecular formula is C22H19N5OS. The SMILES string of the molecule is O=C(Nc1ccn2c1CSC2c1cccnc1)c1ccc(Cn2ccnc2)cc1. The Morgan fingerprint density at radius 1 is 1.10 bits per heavy atom. The molecule has 0 aliphatic carbocycles. The molecule has 1 unspecified atom stereocenters. The van der Waals surface area contributed by atoms with Crippen LogP contribution in [0.25, 0.3) is 0 Å². The lowest BCUT2D eigenvalue weighted by Gasteiger charge is -2.12. The van der Waals surface area contributed by atoms with Crippen LogP contribution in [-0.2, 0) is 12.3 Å². The van der Waals surface area contributed by atoms with Gasteiger partial charge < -0.3 is 14.5 Å². The van der Waals surface area contributed by atoms with Crippen molar-refractivity contribution >= 4 is 23.4 Å². The summed E-state index contributed by atoms with van der Waals surface area (Å²) in [5.41, 5.74) is 4.94. The number of benzene rings is 1. The van der Waals surface area contributed by atoms with E-state index in [0.717, 1.165) is 29.2 Å². The second-order valence-electron chi connectivity index (χ2n) is 6.92. The van der Waals surface area contributed by atoms with Crippen molar-refractivity contribution in [3.8, 4) is 0 Å². The molecule has 0 spiro atoms. The van der Waals surface area contributed by atoms with E-state index in [1.54, 1.807) is 18.7 Å². The van der Waals surface area contributed by atoms with Crippen molar-refractivity contribution in [2.45, 2.75) is 17.7 Å². The molecule has 4 aromatic rings. The van der Waals surface area contributed by atoms with Gasteiger partial charge in [0, 0.05) is 54.4 Å². The molecule has 0 radical (unpaired) electrons. The van der Waals surface area contributed by atoms with Crippen LogP contribution in [0.5, 0.6) is 0 Å². The topological polar surface area (TPSA) is 64.7 Å². The number of rotatable bonds is 5. The van der Waals surface area contributed by atoms with Gasteiger partial charge in [-0.25, -0.2) is 4.98 Å². The summed E-state index contributed by atoms with van der Waals surface area (Å²) in [5.74, 6) is 0.759. The molecule has 1 aromatic carbocycles. The summed E-state index contributed by atoms with van der Waals surface area (Å²) in [6.45, 7) is 0.738. The van der Waals surface area contributed by atoms with Gasteiger partial charge in [-0.15, -0.1) is 11.8 Å². The van der Waals surface area contributed by atoms with Crippen LogP contribution in [-0.4, -0.2) is 25.0 Å². The van der Waals surface area contributed by atoms with Crippen LogP contribution in [0.15, 0.2) is 79.8 Å². The first-order valence-corrected chi connectivity index (χ1v) is 10.4. The maximum atomic E-state index is 12.7. The first kappa shape index (κ1) is 17.8. The normalized spacial score (nSPS) is 15.2. The first-order chi connectivity index (χ1) is 14.3. The predicted octanol–water partition coefficient (Wildman–Crippen LogP) is 4.17. The van der Waals surface area contributed by atoms with Gasteiger partial charge in [0.2, 0.25) is 0 Å². The van der Waals surface area contributed by atoms with Crippen LogP contribution in [0, 0.1) is 0 Å². The molecule has 144 valence electrons. The van der Waals surface area contributed by atoms with Crippen LogP contribution >= 0.6 is 11.8 Å². The number of hydrogen-bond donors (Lipinski definition) is 1. The van der Waals surface area contributed by atoms with Crippen LogP contribution < -0.4 is 5.32 Å². The van der Waals surface area contributed by atoms with E-state index in [1.165, 1.54) is 5.56 Å². The monoisotopic (exact) mass is 401 g/mol. The average molecular weight is 401 g/mol. The third kappa shape index (κ3) is 3.56. The van der Waals surface area contributed by atoms with Crippen molar-refractivity contribution in [1.29, 1.82) is 0 Å². The second-order valence-corrected chi connectivity index (χ2v) is 7.99. The molecule has 1 N–H and O–H groups in total. The summed E-state index contributed by atoms with van der Waals surface area (Å²) in [6, 6.07) is 13.7. The van der Waals surface area contributed by atoms with E-state index in [0.29, 0.717) is 5.56 Å². The lowest BCUT2D eigenvalue weighted by molar-refractivity contribution is 0.102. The Bertz CT molecular complexity index is 1120. The molecule has 7 heteroatoms. The quantitative estimate of drug-likeness (QED) is 0.545. The van der Waals surface area contributed by atoms with E-state index in [2.05, 4.69) is 25.9 Å². The maximum Gasteiger partial charge on any atom is 0.255 e. The number of pyridine rings is 1. The van der Waals surface area contributed by atoms with Crippen molar-refractivity contribution < 1.29 is 4.79 Å². The van der Waals surface area contributed by atoms with Crippen LogP contribution in [0.1, 0.15) is 32.6 Å². The highest BCUT2D eigenvalue weighted by molar-refractivity contribution is 7.99. The Kier molecular flexibility index (Phi) is 4.65. The number of nitrogens with one attached hydrogen (secondary N) is 1. The van der Waals surface area contributed by atoms with Gasteiger partial charge in [0.15, 0.2) is 0 Å². The third-order valence-corrected chi connectivity index (χ3v) is 6.27. The van der Waals surface area contributed by atoms with Gasteiger partial charge in [-0.3, -0.25) is 9.78 Å². The van der Waals surface area contributed by atoms with Crippen molar-refractivity contribution in [3.63, 3.8) is 0 Å². The van der Waals surface area contributed by atoms with Crippen LogP contribution in [0.2, 0.25) is 0 Å². The number of fused-ring (bicyclic) bond motifs is 1. The zero-order valence-corrected chi connectivity index (χ0v) is 16.4. The number of nitrogens with zero attached hydrogens (tertiary/aromatic N) is 4. The number of thioether (sulfide) groups is 1.